The molecule has 0 radical (unpaired) electrons. The third-order valence-corrected chi connectivity index (χ3v) is 2.52. The standard InChI is InChI=1S/C12H14N4O2/c1-8-5-4-6-9(13-8)10-7-11(15-14-10)12(17)16(2)18-3/h4-7H,1-3H3,(H,14,15). The molecule has 94 valence electrons. The largest absolute Gasteiger partial charge is 0.295 e. The molecule has 0 fully saturated rings. The fourth-order valence-electron chi connectivity index (χ4n) is 1.50. The molecule has 0 aliphatic rings. The Hall–Kier alpha value is -2.21. The van der Waals surface area contributed by atoms with E-state index in [0.29, 0.717) is 11.4 Å². The van der Waals surface area contributed by atoms with Crippen LogP contribution in [0.15, 0.2) is 24.3 Å². The number of hydrogen-bond donors (Lipinski definition) is 1. The molecule has 0 bridgehead atoms. The quantitative estimate of drug-likeness (QED) is 0.831. The van der Waals surface area contributed by atoms with Crippen LogP contribution in [-0.2, 0) is 4.84 Å². The molecule has 0 unspecified atom stereocenters. The van der Waals surface area contributed by atoms with Crippen molar-refractivity contribution in [3.8, 4) is 11.4 Å². The molecule has 0 saturated carbocycles. The van der Waals surface area contributed by atoms with Crippen molar-refractivity contribution >= 4 is 5.91 Å². The minimum atomic E-state index is -0.288. The van der Waals surface area contributed by atoms with Gasteiger partial charge in [0.2, 0.25) is 0 Å². The van der Waals surface area contributed by atoms with Gasteiger partial charge in [0.1, 0.15) is 11.4 Å². The smallest absolute Gasteiger partial charge is 0.274 e. The average Bonchev–Trinajstić information content (AvgIpc) is 2.86. The maximum absolute atomic E-state index is 11.8. The van der Waals surface area contributed by atoms with Crippen molar-refractivity contribution < 1.29 is 9.63 Å². The first-order valence-corrected chi connectivity index (χ1v) is 5.43. The van der Waals surface area contributed by atoms with Gasteiger partial charge in [-0.3, -0.25) is 19.7 Å². The van der Waals surface area contributed by atoms with Gasteiger partial charge in [0.15, 0.2) is 0 Å². The van der Waals surface area contributed by atoms with Gasteiger partial charge in [0.05, 0.1) is 12.8 Å². The van der Waals surface area contributed by atoms with E-state index >= 15 is 0 Å². The third kappa shape index (κ3) is 2.38. The fourth-order valence-corrected chi connectivity index (χ4v) is 1.50. The molecular formula is C12H14N4O2. The number of hydrogen-bond acceptors (Lipinski definition) is 4. The topological polar surface area (TPSA) is 71.1 Å². The van der Waals surface area contributed by atoms with E-state index < -0.39 is 0 Å². The zero-order valence-electron chi connectivity index (χ0n) is 10.5. The van der Waals surface area contributed by atoms with Crippen LogP contribution in [0.4, 0.5) is 0 Å². The normalized spacial score (nSPS) is 10.4. The number of aryl methyl sites for hydroxylation is 1. The van der Waals surface area contributed by atoms with Crippen molar-refractivity contribution in [2.75, 3.05) is 14.2 Å². The number of amides is 1. The lowest BCUT2D eigenvalue weighted by Crippen LogP contribution is -2.25. The van der Waals surface area contributed by atoms with Crippen molar-refractivity contribution in [1.82, 2.24) is 20.2 Å². The molecule has 2 aromatic heterocycles. The first-order valence-electron chi connectivity index (χ1n) is 5.43. The Morgan fingerprint density at radius 1 is 1.39 bits per heavy atom. The number of rotatable bonds is 3. The Labute approximate surface area is 105 Å². The second kappa shape index (κ2) is 4.97. The van der Waals surface area contributed by atoms with Gasteiger partial charge in [-0.25, -0.2) is 5.06 Å². The second-order valence-electron chi connectivity index (χ2n) is 3.82. The molecule has 2 rings (SSSR count). The lowest BCUT2D eigenvalue weighted by molar-refractivity contribution is -0.0760. The molecule has 6 heteroatoms. The molecule has 2 aromatic rings. The van der Waals surface area contributed by atoms with Gasteiger partial charge in [0, 0.05) is 12.7 Å². The molecule has 0 aliphatic heterocycles. The first-order chi connectivity index (χ1) is 8.61. The zero-order valence-corrected chi connectivity index (χ0v) is 10.5. The molecule has 0 spiro atoms. The molecule has 1 amide bonds. The van der Waals surface area contributed by atoms with E-state index in [1.165, 1.54) is 14.2 Å². The van der Waals surface area contributed by atoms with Crippen LogP contribution in [0, 0.1) is 6.92 Å². The summed E-state index contributed by atoms with van der Waals surface area (Å²) in [5, 5.41) is 7.88. The van der Waals surface area contributed by atoms with Crippen LogP contribution in [0.25, 0.3) is 11.4 Å². The van der Waals surface area contributed by atoms with Gasteiger partial charge in [0.25, 0.3) is 5.91 Å². The van der Waals surface area contributed by atoms with Crippen LogP contribution in [0.1, 0.15) is 16.2 Å². The molecule has 0 atom stereocenters. The summed E-state index contributed by atoms with van der Waals surface area (Å²) >= 11 is 0. The number of nitrogens with zero attached hydrogens (tertiary/aromatic N) is 3. The van der Waals surface area contributed by atoms with E-state index in [4.69, 9.17) is 4.84 Å². The van der Waals surface area contributed by atoms with E-state index in [1.807, 2.05) is 25.1 Å². The lowest BCUT2D eigenvalue weighted by Gasteiger charge is -2.11. The summed E-state index contributed by atoms with van der Waals surface area (Å²) < 4.78 is 0. The van der Waals surface area contributed by atoms with Gasteiger partial charge in [-0.05, 0) is 25.1 Å². The number of hydroxylamine groups is 2. The molecule has 0 saturated heterocycles. The van der Waals surface area contributed by atoms with Crippen LogP contribution >= 0.6 is 0 Å². The average molecular weight is 246 g/mol. The van der Waals surface area contributed by atoms with Crippen LogP contribution in [0.3, 0.4) is 0 Å². The fraction of sp³-hybridized carbons (Fsp3) is 0.250. The maximum Gasteiger partial charge on any atom is 0.295 e. The van der Waals surface area contributed by atoms with E-state index in [2.05, 4.69) is 15.2 Å². The van der Waals surface area contributed by atoms with Crippen molar-refractivity contribution in [2.45, 2.75) is 6.92 Å². The Bertz CT molecular complexity index is 565. The second-order valence-corrected chi connectivity index (χ2v) is 3.82. The highest BCUT2D eigenvalue weighted by Gasteiger charge is 2.15. The highest BCUT2D eigenvalue weighted by Crippen LogP contribution is 2.16. The Morgan fingerprint density at radius 2 is 2.17 bits per heavy atom. The number of aromatic amines is 1. The number of aromatic nitrogens is 3. The number of carbonyl (C=O) groups excluding carboxylic acids is 1. The molecule has 18 heavy (non-hydrogen) atoms. The lowest BCUT2D eigenvalue weighted by atomic mass is 10.2. The van der Waals surface area contributed by atoms with Gasteiger partial charge >= 0.3 is 0 Å². The Balaban J connectivity index is 2.28. The highest BCUT2D eigenvalue weighted by atomic mass is 16.7. The minimum Gasteiger partial charge on any atom is -0.274 e. The number of carbonyl (C=O) groups is 1. The van der Waals surface area contributed by atoms with E-state index in [9.17, 15) is 4.79 Å². The monoisotopic (exact) mass is 246 g/mol. The van der Waals surface area contributed by atoms with E-state index in [1.54, 1.807) is 6.07 Å². The highest BCUT2D eigenvalue weighted by molar-refractivity contribution is 5.92. The van der Waals surface area contributed by atoms with Crippen molar-refractivity contribution in [3.05, 3.63) is 35.7 Å². The van der Waals surface area contributed by atoms with Crippen LogP contribution in [0.5, 0.6) is 0 Å². The summed E-state index contributed by atoms with van der Waals surface area (Å²) in [6.45, 7) is 1.90. The van der Waals surface area contributed by atoms with Crippen molar-refractivity contribution in [3.63, 3.8) is 0 Å². The van der Waals surface area contributed by atoms with Crippen LogP contribution in [0.2, 0.25) is 0 Å². The Kier molecular flexibility index (Phi) is 3.38. The SMILES string of the molecule is CON(C)C(=O)c1cc(-c2cccc(C)n2)n[nH]1. The maximum atomic E-state index is 11.8. The number of pyridine rings is 1. The van der Waals surface area contributed by atoms with Crippen molar-refractivity contribution in [2.24, 2.45) is 0 Å². The summed E-state index contributed by atoms with van der Waals surface area (Å²) in [5.74, 6) is -0.288. The number of nitrogens with one attached hydrogen (secondary N) is 1. The summed E-state index contributed by atoms with van der Waals surface area (Å²) in [7, 11) is 2.96. The molecule has 0 aliphatic carbocycles. The number of H-pyrrole nitrogens is 1. The molecular weight excluding hydrogens is 232 g/mol. The summed E-state index contributed by atoms with van der Waals surface area (Å²) in [5.41, 5.74) is 2.62. The Morgan fingerprint density at radius 3 is 2.83 bits per heavy atom. The van der Waals surface area contributed by atoms with Crippen LogP contribution < -0.4 is 0 Å². The van der Waals surface area contributed by atoms with Crippen LogP contribution in [-0.4, -0.2) is 40.3 Å². The van der Waals surface area contributed by atoms with Gasteiger partial charge in [-0.1, -0.05) is 6.07 Å². The predicted octanol–water partition coefficient (Wildman–Crippen LogP) is 1.41. The van der Waals surface area contributed by atoms with Gasteiger partial charge in [-0.15, -0.1) is 0 Å². The molecule has 0 aromatic carbocycles. The summed E-state index contributed by atoms with van der Waals surface area (Å²) in [6.07, 6.45) is 0. The molecule has 6 nitrogen and oxygen atoms in total. The third-order valence-electron chi connectivity index (χ3n) is 2.52. The summed E-state index contributed by atoms with van der Waals surface area (Å²) in [6, 6.07) is 7.30. The zero-order chi connectivity index (χ0) is 13.1. The van der Waals surface area contributed by atoms with Gasteiger partial charge in [-0.2, -0.15) is 5.10 Å². The van der Waals surface area contributed by atoms with E-state index in [0.717, 1.165) is 16.5 Å². The molecule has 2 heterocycles. The van der Waals surface area contributed by atoms with Gasteiger partial charge < -0.3 is 0 Å². The first kappa shape index (κ1) is 12.3. The van der Waals surface area contributed by atoms with E-state index in [-0.39, 0.29) is 5.91 Å². The minimum absolute atomic E-state index is 0.288. The predicted molar refractivity (Wildman–Crippen MR) is 65.7 cm³/mol. The summed E-state index contributed by atoms with van der Waals surface area (Å²) in [4.78, 5) is 21.0. The molecule has 1 N–H and O–H groups in total. The van der Waals surface area contributed by atoms with Crippen molar-refractivity contribution in [1.29, 1.82) is 0 Å².